The maximum atomic E-state index is 12.1. The van der Waals surface area contributed by atoms with Gasteiger partial charge in [0.1, 0.15) is 4.21 Å². The molecule has 96 valence electrons. The van der Waals surface area contributed by atoms with Crippen LogP contribution >= 0.6 is 27.3 Å². The van der Waals surface area contributed by atoms with Crippen molar-refractivity contribution < 1.29 is 13.2 Å². The third kappa shape index (κ3) is 3.08. The van der Waals surface area contributed by atoms with E-state index in [1.807, 2.05) is 6.92 Å². The van der Waals surface area contributed by atoms with Crippen molar-refractivity contribution in [2.75, 3.05) is 6.61 Å². The minimum Gasteiger partial charge on any atom is -0.377 e. The van der Waals surface area contributed by atoms with E-state index in [2.05, 4.69) is 20.7 Å². The number of nitrogens with one attached hydrogen (secondary N) is 1. The second-order valence-electron chi connectivity index (χ2n) is 4.02. The zero-order valence-electron chi connectivity index (χ0n) is 9.35. The smallest absolute Gasteiger partial charge is 0.251 e. The molecule has 1 aliphatic heterocycles. The summed E-state index contributed by atoms with van der Waals surface area (Å²) >= 11 is 4.44. The van der Waals surface area contributed by atoms with Gasteiger partial charge in [-0.1, -0.05) is 0 Å². The summed E-state index contributed by atoms with van der Waals surface area (Å²) in [7, 11) is -3.44. The molecule has 0 amide bonds. The van der Waals surface area contributed by atoms with Crippen molar-refractivity contribution in [2.24, 2.45) is 0 Å². The molecule has 0 saturated carbocycles. The number of halogens is 1. The fourth-order valence-corrected chi connectivity index (χ4v) is 5.47. The predicted octanol–water partition coefficient (Wildman–Crippen LogP) is 2.36. The topological polar surface area (TPSA) is 55.4 Å². The second kappa shape index (κ2) is 5.36. The molecule has 0 bridgehead atoms. The van der Waals surface area contributed by atoms with Gasteiger partial charge >= 0.3 is 0 Å². The molecule has 4 nitrogen and oxygen atoms in total. The van der Waals surface area contributed by atoms with Crippen molar-refractivity contribution in [1.29, 1.82) is 0 Å². The Kier molecular flexibility index (Phi) is 4.25. The van der Waals surface area contributed by atoms with Crippen LogP contribution in [0.1, 0.15) is 19.8 Å². The van der Waals surface area contributed by atoms with Gasteiger partial charge in [0.25, 0.3) is 10.0 Å². The van der Waals surface area contributed by atoms with Crippen LogP contribution in [0, 0.1) is 0 Å². The minimum absolute atomic E-state index is 0.0106. The Balaban J connectivity index is 2.09. The number of ether oxygens (including phenoxy) is 1. The van der Waals surface area contributed by atoms with Crippen molar-refractivity contribution in [3.63, 3.8) is 0 Å². The lowest BCUT2D eigenvalue weighted by Crippen LogP contribution is -2.40. The maximum Gasteiger partial charge on any atom is 0.251 e. The van der Waals surface area contributed by atoms with Gasteiger partial charge in [-0.05, 0) is 47.1 Å². The summed E-state index contributed by atoms with van der Waals surface area (Å²) < 4.78 is 33.3. The van der Waals surface area contributed by atoms with Crippen LogP contribution in [0.3, 0.4) is 0 Å². The molecule has 1 aromatic rings. The van der Waals surface area contributed by atoms with Crippen LogP contribution in [0.2, 0.25) is 0 Å². The van der Waals surface area contributed by atoms with Gasteiger partial charge in [0, 0.05) is 17.1 Å². The van der Waals surface area contributed by atoms with Crippen LogP contribution < -0.4 is 4.72 Å². The van der Waals surface area contributed by atoms with Gasteiger partial charge in [-0.2, -0.15) is 0 Å². The Hall–Kier alpha value is 0.0500. The van der Waals surface area contributed by atoms with Crippen LogP contribution in [0.15, 0.2) is 20.1 Å². The molecular formula is C10H14BrNO3S2. The van der Waals surface area contributed by atoms with Crippen molar-refractivity contribution >= 4 is 37.3 Å². The zero-order chi connectivity index (χ0) is 12.5. The summed E-state index contributed by atoms with van der Waals surface area (Å²) in [5, 5.41) is 1.75. The predicted molar refractivity (Wildman–Crippen MR) is 70.8 cm³/mol. The maximum absolute atomic E-state index is 12.1. The molecule has 17 heavy (non-hydrogen) atoms. The Bertz CT molecular complexity index is 479. The van der Waals surface area contributed by atoms with Gasteiger partial charge in [0.2, 0.25) is 0 Å². The average Bonchev–Trinajstić information content (AvgIpc) is 2.85. The molecule has 0 aliphatic carbocycles. The molecule has 2 atom stereocenters. The van der Waals surface area contributed by atoms with Gasteiger partial charge in [-0.3, -0.25) is 0 Å². The highest BCUT2D eigenvalue weighted by Crippen LogP contribution is 2.28. The zero-order valence-corrected chi connectivity index (χ0v) is 12.6. The van der Waals surface area contributed by atoms with Crippen LogP contribution in [-0.4, -0.2) is 27.2 Å². The quantitative estimate of drug-likeness (QED) is 0.915. The molecule has 0 radical (unpaired) electrons. The standard InChI is InChI=1S/C10H14BrNO3S2/c1-7(9-3-2-5-15-9)12-17(13,14)10-8(11)4-6-16-10/h4,6-7,9,12H,2-3,5H2,1H3. The summed E-state index contributed by atoms with van der Waals surface area (Å²) in [5.74, 6) is 0. The first-order chi connectivity index (χ1) is 8.00. The van der Waals surface area contributed by atoms with Crippen LogP contribution in [0.25, 0.3) is 0 Å². The molecule has 7 heteroatoms. The van der Waals surface area contributed by atoms with Crippen LogP contribution in [-0.2, 0) is 14.8 Å². The molecule has 1 saturated heterocycles. The van der Waals surface area contributed by atoms with Crippen molar-refractivity contribution in [3.8, 4) is 0 Å². The Labute approximate surface area is 114 Å². The Morgan fingerprint density at radius 1 is 1.65 bits per heavy atom. The molecule has 0 spiro atoms. The highest BCUT2D eigenvalue weighted by Gasteiger charge is 2.28. The van der Waals surface area contributed by atoms with Gasteiger partial charge in [-0.25, -0.2) is 13.1 Å². The highest BCUT2D eigenvalue weighted by molar-refractivity contribution is 9.10. The first-order valence-corrected chi connectivity index (χ1v) is 8.53. The van der Waals surface area contributed by atoms with Gasteiger partial charge < -0.3 is 4.74 Å². The molecule has 1 aromatic heterocycles. The van der Waals surface area contributed by atoms with Gasteiger partial charge in [0.15, 0.2) is 0 Å². The molecule has 1 fully saturated rings. The summed E-state index contributed by atoms with van der Waals surface area (Å²) in [4.78, 5) is 0. The lowest BCUT2D eigenvalue weighted by Gasteiger charge is -2.19. The normalized spacial score (nSPS) is 22.8. The third-order valence-electron chi connectivity index (χ3n) is 2.69. The Morgan fingerprint density at radius 3 is 2.94 bits per heavy atom. The van der Waals surface area contributed by atoms with Gasteiger partial charge in [-0.15, -0.1) is 11.3 Å². The lowest BCUT2D eigenvalue weighted by molar-refractivity contribution is 0.0902. The number of thiophene rings is 1. The van der Waals surface area contributed by atoms with Crippen molar-refractivity contribution in [3.05, 3.63) is 15.9 Å². The SMILES string of the molecule is CC(NS(=O)(=O)c1sccc1Br)C1CCCO1. The van der Waals surface area contributed by atoms with Crippen molar-refractivity contribution in [2.45, 2.75) is 36.1 Å². The van der Waals surface area contributed by atoms with E-state index in [9.17, 15) is 8.42 Å². The minimum atomic E-state index is -3.44. The largest absolute Gasteiger partial charge is 0.377 e. The van der Waals surface area contributed by atoms with E-state index in [1.54, 1.807) is 11.4 Å². The van der Waals surface area contributed by atoms with E-state index in [1.165, 1.54) is 11.3 Å². The van der Waals surface area contributed by atoms with E-state index in [0.717, 1.165) is 19.4 Å². The lowest BCUT2D eigenvalue weighted by atomic mass is 10.1. The number of hydrogen-bond donors (Lipinski definition) is 1. The molecular weight excluding hydrogens is 326 g/mol. The molecule has 1 aliphatic rings. The second-order valence-corrected chi connectivity index (χ2v) is 7.70. The summed E-state index contributed by atoms with van der Waals surface area (Å²) in [6.45, 7) is 2.56. The van der Waals surface area contributed by atoms with Crippen LogP contribution in [0.4, 0.5) is 0 Å². The summed E-state index contributed by atoms with van der Waals surface area (Å²) in [6, 6.07) is 1.53. The third-order valence-corrected chi connectivity index (χ3v) is 6.92. The number of rotatable bonds is 4. The van der Waals surface area contributed by atoms with E-state index >= 15 is 0 Å². The number of hydrogen-bond acceptors (Lipinski definition) is 4. The highest BCUT2D eigenvalue weighted by atomic mass is 79.9. The first-order valence-electron chi connectivity index (χ1n) is 5.37. The molecule has 2 heterocycles. The summed E-state index contributed by atoms with van der Waals surface area (Å²) in [6.07, 6.45) is 1.90. The van der Waals surface area contributed by atoms with E-state index in [-0.39, 0.29) is 12.1 Å². The van der Waals surface area contributed by atoms with Crippen molar-refractivity contribution in [1.82, 2.24) is 4.72 Å². The summed E-state index contributed by atoms with van der Waals surface area (Å²) in [5.41, 5.74) is 0. The average molecular weight is 340 g/mol. The monoisotopic (exact) mass is 339 g/mol. The molecule has 2 rings (SSSR count). The molecule has 0 aromatic carbocycles. The van der Waals surface area contributed by atoms with E-state index in [4.69, 9.17) is 4.74 Å². The number of sulfonamides is 1. The Morgan fingerprint density at radius 2 is 2.41 bits per heavy atom. The van der Waals surface area contributed by atoms with Crippen LogP contribution in [0.5, 0.6) is 0 Å². The fourth-order valence-electron chi connectivity index (χ4n) is 1.84. The van der Waals surface area contributed by atoms with Gasteiger partial charge in [0.05, 0.1) is 6.10 Å². The fraction of sp³-hybridized carbons (Fsp3) is 0.600. The molecule has 2 unspecified atom stereocenters. The first kappa shape index (κ1) is 13.5. The van der Waals surface area contributed by atoms with E-state index in [0.29, 0.717) is 8.68 Å². The van der Waals surface area contributed by atoms with E-state index < -0.39 is 10.0 Å². The molecule has 1 N–H and O–H groups in total.